The maximum Gasteiger partial charge on any atom is 0.224 e. The molecule has 1 unspecified atom stereocenters. The van der Waals surface area contributed by atoms with Gasteiger partial charge >= 0.3 is 0 Å². The zero-order valence-corrected chi connectivity index (χ0v) is 13.2. The van der Waals surface area contributed by atoms with E-state index < -0.39 is 0 Å². The van der Waals surface area contributed by atoms with Crippen molar-refractivity contribution in [1.82, 2.24) is 15.2 Å². The predicted octanol–water partition coefficient (Wildman–Crippen LogP) is 1.32. The summed E-state index contributed by atoms with van der Waals surface area (Å²) in [5.74, 6) is 0.128. The Morgan fingerprint density at radius 2 is 2.42 bits per heavy atom. The molecule has 0 spiro atoms. The van der Waals surface area contributed by atoms with Crippen LogP contribution in [0.1, 0.15) is 11.4 Å². The largest absolute Gasteiger partial charge is 0.378 e. The fraction of sp³-hybridized carbons (Fsp3) is 0.636. The van der Waals surface area contributed by atoms with E-state index >= 15 is 0 Å². The van der Waals surface area contributed by atoms with Crippen molar-refractivity contribution in [1.29, 1.82) is 0 Å². The van der Waals surface area contributed by atoms with E-state index in [0.717, 1.165) is 18.2 Å². The van der Waals surface area contributed by atoms with Crippen LogP contribution in [-0.4, -0.2) is 48.6 Å². The van der Waals surface area contributed by atoms with Crippen molar-refractivity contribution < 1.29 is 9.53 Å². The molecule has 1 fully saturated rings. The summed E-state index contributed by atoms with van der Waals surface area (Å²) in [6.07, 6.45) is 2.25. The van der Waals surface area contributed by atoms with E-state index in [2.05, 4.69) is 10.3 Å². The fourth-order valence-electron chi connectivity index (χ4n) is 1.74. The number of carbonyl (C=O) groups excluding carboxylic acids is 1. The number of amides is 1. The van der Waals surface area contributed by atoms with Crippen LogP contribution in [0.15, 0.2) is 11.6 Å². The van der Waals surface area contributed by atoms with Gasteiger partial charge in [-0.15, -0.1) is 36.2 Å². The van der Waals surface area contributed by atoms with Gasteiger partial charge < -0.3 is 15.0 Å². The van der Waals surface area contributed by atoms with Crippen molar-refractivity contribution in [3.8, 4) is 0 Å². The van der Waals surface area contributed by atoms with Crippen LogP contribution < -0.4 is 5.32 Å². The molecule has 1 aliphatic rings. The summed E-state index contributed by atoms with van der Waals surface area (Å²) >= 11 is 1.57. The van der Waals surface area contributed by atoms with Crippen LogP contribution in [-0.2, 0) is 16.1 Å². The Morgan fingerprint density at radius 3 is 3.00 bits per heavy atom. The first-order valence-electron chi connectivity index (χ1n) is 5.69. The molecular formula is C11H19Cl2N3O2S. The summed E-state index contributed by atoms with van der Waals surface area (Å²) in [5.41, 5.74) is 0. The molecule has 0 aromatic carbocycles. The van der Waals surface area contributed by atoms with E-state index in [1.807, 2.05) is 12.4 Å². The summed E-state index contributed by atoms with van der Waals surface area (Å²) < 4.78 is 5.33. The third-order valence-electron chi connectivity index (χ3n) is 2.70. The monoisotopic (exact) mass is 327 g/mol. The van der Waals surface area contributed by atoms with Gasteiger partial charge in [-0.2, -0.15) is 0 Å². The summed E-state index contributed by atoms with van der Waals surface area (Å²) in [4.78, 5) is 17.8. The Hall–Kier alpha value is -0.400. The molecule has 1 saturated heterocycles. The van der Waals surface area contributed by atoms with Crippen LogP contribution >= 0.6 is 36.2 Å². The Bertz CT molecular complexity index is 359. The third-order valence-corrected chi connectivity index (χ3v) is 3.47. The van der Waals surface area contributed by atoms with Gasteiger partial charge in [-0.05, 0) is 0 Å². The molecule has 1 N–H and O–H groups in total. The Kier molecular flexibility index (Phi) is 9.30. The number of morpholine rings is 1. The van der Waals surface area contributed by atoms with E-state index in [-0.39, 0.29) is 36.8 Å². The number of carbonyl (C=O) groups is 1. The molecule has 0 aliphatic carbocycles. The lowest BCUT2D eigenvalue weighted by Crippen LogP contribution is -2.44. The number of thiazole rings is 1. The summed E-state index contributed by atoms with van der Waals surface area (Å²) in [5, 5.41) is 6.17. The van der Waals surface area contributed by atoms with Gasteiger partial charge in [0.15, 0.2) is 0 Å². The molecule has 2 heterocycles. The fourth-order valence-corrected chi connectivity index (χ4v) is 2.41. The molecule has 0 saturated carbocycles. The van der Waals surface area contributed by atoms with E-state index in [1.165, 1.54) is 0 Å². The molecule has 0 radical (unpaired) electrons. The molecule has 8 heteroatoms. The van der Waals surface area contributed by atoms with Crippen molar-refractivity contribution >= 4 is 42.1 Å². The summed E-state index contributed by atoms with van der Waals surface area (Å²) in [6, 6.07) is 0.148. The first-order chi connectivity index (χ1) is 8.25. The van der Waals surface area contributed by atoms with Gasteiger partial charge in [0.05, 0.1) is 19.8 Å². The van der Waals surface area contributed by atoms with Crippen LogP contribution in [0.25, 0.3) is 0 Å². The minimum atomic E-state index is 0. The number of ether oxygens (including phenoxy) is 1. The van der Waals surface area contributed by atoms with E-state index in [1.54, 1.807) is 22.4 Å². The summed E-state index contributed by atoms with van der Waals surface area (Å²) in [7, 11) is 1.81. The maximum absolute atomic E-state index is 11.9. The first kappa shape index (κ1) is 18.6. The molecule has 0 bridgehead atoms. The molecule has 110 valence electrons. The lowest BCUT2D eigenvalue weighted by molar-refractivity contribution is -0.131. The molecule has 1 aromatic rings. The van der Waals surface area contributed by atoms with Crippen LogP contribution in [0, 0.1) is 0 Å². The first-order valence-corrected chi connectivity index (χ1v) is 6.57. The van der Waals surface area contributed by atoms with Crippen LogP contribution in [0.4, 0.5) is 0 Å². The number of halogens is 2. The zero-order valence-electron chi connectivity index (χ0n) is 10.7. The van der Waals surface area contributed by atoms with Gasteiger partial charge in [0, 0.05) is 37.6 Å². The minimum Gasteiger partial charge on any atom is -0.378 e. The molecule has 2 rings (SSSR count). The number of hydrogen-bond acceptors (Lipinski definition) is 5. The quantitative estimate of drug-likeness (QED) is 0.906. The van der Waals surface area contributed by atoms with Gasteiger partial charge in [0.2, 0.25) is 5.91 Å². The molecule has 1 amide bonds. The van der Waals surface area contributed by atoms with E-state index in [4.69, 9.17) is 4.74 Å². The molecule has 5 nitrogen and oxygen atoms in total. The topological polar surface area (TPSA) is 54.5 Å². The van der Waals surface area contributed by atoms with Crippen LogP contribution in [0.2, 0.25) is 0 Å². The third kappa shape index (κ3) is 6.05. The second kappa shape index (κ2) is 9.50. The summed E-state index contributed by atoms with van der Waals surface area (Å²) in [6.45, 7) is 2.77. The molecule has 1 atom stereocenters. The SMILES string of the molecule is CN(Cc1nccs1)C(=O)CC1COCCN1.Cl.Cl. The number of hydrogen-bond donors (Lipinski definition) is 1. The van der Waals surface area contributed by atoms with Crippen molar-refractivity contribution in [2.45, 2.75) is 19.0 Å². The van der Waals surface area contributed by atoms with E-state index in [9.17, 15) is 4.79 Å². The number of nitrogens with zero attached hydrogens (tertiary/aromatic N) is 2. The standard InChI is InChI=1S/C11H17N3O2S.2ClH/c1-14(7-10-13-3-5-17-10)11(15)6-9-8-16-4-2-12-9;;/h3,5,9,12H,2,4,6-8H2,1H3;2*1H. The van der Waals surface area contributed by atoms with Gasteiger partial charge in [0.1, 0.15) is 5.01 Å². The lowest BCUT2D eigenvalue weighted by Gasteiger charge is -2.25. The Balaban J connectivity index is 0.00000162. The highest BCUT2D eigenvalue weighted by atomic mass is 35.5. The van der Waals surface area contributed by atoms with Crippen LogP contribution in [0.5, 0.6) is 0 Å². The predicted molar refractivity (Wildman–Crippen MR) is 80.3 cm³/mol. The average Bonchev–Trinajstić information content (AvgIpc) is 2.83. The highest BCUT2D eigenvalue weighted by molar-refractivity contribution is 7.09. The maximum atomic E-state index is 11.9. The number of aromatic nitrogens is 1. The Morgan fingerprint density at radius 1 is 1.63 bits per heavy atom. The van der Waals surface area contributed by atoms with Gasteiger partial charge in [0.25, 0.3) is 0 Å². The van der Waals surface area contributed by atoms with Gasteiger partial charge in [-0.1, -0.05) is 0 Å². The second-order valence-electron chi connectivity index (χ2n) is 4.11. The molecule has 1 aliphatic heterocycles. The highest BCUT2D eigenvalue weighted by Crippen LogP contribution is 2.09. The highest BCUT2D eigenvalue weighted by Gasteiger charge is 2.19. The Labute approximate surface area is 129 Å². The van der Waals surface area contributed by atoms with Crippen molar-refractivity contribution in [2.24, 2.45) is 0 Å². The molecular weight excluding hydrogens is 309 g/mol. The molecule has 1 aromatic heterocycles. The number of rotatable bonds is 4. The average molecular weight is 328 g/mol. The van der Waals surface area contributed by atoms with E-state index in [0.29, 0.717) is 19.6 Å². The van der Waals surface area contributed by atoms with Crippen molar-refractivity contribution in [3.63, 3.8) is 0 Å². The normalized spacial score (nSPS) is 18.1. The zero-order chi connectivity index (χ0) is 12.1. The van der Waals surface area contributed by atoms with Gasteiger partial charge in [-0.3, -0.25) is 4.79 Å². The van der Waals surface area contributed by atoms with Gasteiger partial charge in [-0.25, -0.2) is 4.98 Å². The lowest BCUT2D eigenvalue weighted by atomic mass is 10.2. The number of nitrogens with one attached hydrogen (secondary N) is 1. The molecule has 19 heavy (non-hydrogen) atoms. The van der Waals surface area contributed by atoms with Crippen molar-refractivity contribution in [2.75, 3.05) is 26.8 Å². The van der Waals surface area contributed by atoms with Crippen LogP contribution in [0.3, 0.4) is 0 Å². The minimum absolute atomic E-state index is 0. The second-order valence-corrected chi connectivity index (χ2v) is 5.08. The van der Waals surface area contributed by atoms with Crippen molar-refractivity contribution in [3.05, 3.63) is 16.6 Å². The smallest absolute Gasteiger partial charge is 0.224 e.